The topological polar surface area (TPSA) is 59.5 Å². The molecule has 0 saturated heterocycles. The summed E-state index contributed by atoms with van der Waals surface area (Å²) >= 11 is 6.95. The molecular weight excluding hydrogens is 618 g/mol. The van der Waals surface area contributed by atoms with Crippen molar-refractivity contribution in [1.82, 2.24) is 9.99 Å². The summed E-state index contributed by atoms with van der Waals surface area (Å²) in [5, 5.41) is 5.07. The van der Waals surface area contributed by atoms with Crippen molar-refractivity contribution in [2.24, 2.45) is 22.9 Å². The van der Waals surface area contributed by atoms with Crippen LogP contribution in [0.3, 0.4) is 0 Å². The maximum Gasteiger partial charge on any atom is 0.307 e. The average molecular weight is 649 g/mol. The van der Waals surface area contributed by atoms with E-state index in [4.69, 9.17) is 4.42 Å². The SMILES string of the molecule is Cc1cc(/C=N\NC(=O)c2cc3cc(Br)cc(Br)c3o2)c(C)n1-c1ccc(C23CC4CC(CC(C4)C2)C3)cc1. The molecule has 2 aromatic heterocycles. The smallest absolute Gasteiger partial charge is 0.307 e. The highest BCUT2D eigenvalue weighted by Gasteiger charge is 2.51. The molecule has 4 bridgehead atoms. The second-order valence-corrected chi connectivity index (χ2v) is 13.8. The maximum atomic E-state index is 12.7. The molecule has 4 aromatic rings. The van der Waals surface area contributed by atoms with Crippen molar-refractivity contribution in [2.45, 2.75) is 57.8 Å². The zero-order valence-electron chi connectivity index (χ0n) is 22.1. The molecule has 0 radical (unpaired) electrons. The number of hydrazone groups is 1. The predicted molar refractivity (Wildman–Crippen MR) is 162 cm³/mol. The van der Waals surface area contributed by atoms with Gasteiger partial charge in [0.25, 0.3) is 0 Å². The van der Waals surface area contributed by atoms with Gasteiger partial charge in [0.2, 0.25) is 0 Å². The van der Waals surface area contributed by atoms with Crippen LogP contribution < -0.4 is 5.43 Å². The Balaban J connectivity index is 1.08. The van der Waals surface area contributed by atoms with E-state index in [1.54, 1.807) is 17.8 Å². The lowest BCUT2D eigenvalue weighted by molar-refractivity contribution is -0.00518. The van der Waals surface area contributed by atoms with Crippen LogP contribution in [0.1, 0.15) is 71.6 Å². The number of benzene rings is 2. The van der Waals surface area contributed by atoms with Gasteiger partial charge in [-0.1, -0.05) is 28.1 Å². The second kappa shape index (κ2) is 9.48. The number of furan rings is 1. The first-order valence-corrected chi connectivity index (χ1v) is 15.4. The molecule has 39 heavy (non-hydrogen) atoms. The minimum atomic E-state index is -0.389. The molecule has 200 valence electrons. The van der Waals surface area contributed by atoms with Crippen LogP contribution in [0.5, 0.6) is 0 Å². The third kappa shape index (κ3) is 4.42. The molecule has 2 aromatic carbocycles. The van der Waals surface area contributed by atoms with Gasteiger partial charge in [-0.05, 0) is 133 Å². The maximum absolute atomic E-state index is 12.7. The fraction of sp³-hybridized carbons (Fsp3) is 0.375. The van der Waals surface area contributed by atoms with Gasteiger partial charge in [-0.2, -0.15) is 5.10 Å². The van der Waals surface area contributed by atoms with Gasteiger partial charge in [0, 0.05) is 32.5 Å². The molecular formula is C32H31Br2N3O2. The van der Waals surface area contributed by atoms with Crippen molar-refractivity contribution < 1.29 is 9.21 Å². The van der Waals surface area contributed by atoms with Crippen molar-refractivity contribution in [3.8, 4) is 5.69 Å². The lowest BCUT2D eigenvalue weighted by atomic mass is 9.48. The molecule has 4 fully saturated rings. The summed E-state index contributed by atoms with van der Waals surface area (Å²) in [6.07, 6.45) is 10.3. The Kier molecular flexibility index (Phi) is 6.16. The van der Waals surface area contributed by atoms with Gasteiger partial charge in [-0.15, -0.1) is 0 Å². The molecule has 1 amide bonds. The number of fused-ring (bicyclic) bond motifs is 1. The lowest BCUT2D eigenvalue weighted by Crippen LogP contribution is -2.48. The first-order valence-electron chi connectivity index (χ1n) is 13.8. The Morgan fingerprint density at radius 1 is 1.00 bits per heavy atom. The number of carbonyl (C=O) groups excluding carboxylic acids is 1. The quantitative estimate of drug-likeness (QED) is 0.174. The Hall–Kier alpha value is -2.64. The van der Waals surface area contributed by atoms with E-state index >= 15 is 0 Å². The highest BCUT2D eigenvalue weighted by atomic mass is 79.9. The molecule has 2 heterocycles. The summed E-state index contributed by atoms with van der Waals surface area (Å²) in [5.41, 5.74) is 9.55. The molecule has 8 rings (SSSR count). The highest BCUT2D eigenvalue weighted by molar-refractivity contribution is 9.11. The average Bonchev–Trinajstić information content (AvgIpc) is 3.44. The standard InChI is InChI=1S/C32H31Br2N3O2/c1-18-7-24(17-35-36-31(38)29-12-23-11-26(33)13-28(34)30(23)39-29)19(2)37(18)27-5-3-25(4-6-27)32-14-20-8-21(15-32)10-22(9-20)16-32/h3-7,11-13,17,20-22H,8-10,14-16H2,1-2H3,(H,36,38)/b35-17-. The lowest BCUT2D eigenvalue weighted by Gasteiger charge is -2.57. The van der Waals surface area contributed by atoms with Crippen molar-refractivity contribution in [1.29, 1.82) is 0 Å². The number of aromatic nitrogens is 1. The summed E-state index contributed by atoms with van der Waals surface area (Å²) in [7, 11) is 0. The largest absolute Gasteiger partial charge is 0.450 e. The summed E-state index contributed by atoms with van der Waals surface area (Å²) in [5.74, 6) is 2.67. The number of rotatable bonds is 5. The molecule has 0 atom stereocenters. The van der Waals surface area contributed by atoms with Crippen LogP contribution in [-0.2, 0) is 5.41 Å². The summed E-state index contributed by atoms with van der Waals surface area (Å²) in [4.78, 5) is 12.7. The molecule has 5 nitrogen and oxygen atoms in total. The Labute approximate surface area is 245 Å². The molecule has 4 aliphatic carbocycles. The van der Waals surface area contributed by atoms with Gasteiger partial charge >= 0.3 is 5.91 Å². The van der Waals surface area contributed by atoms with Gasteiger partial charge in [-0.25, -0.2) is 5.43 Å². The third-order valence-corrected chi connectivity index (χ3v) is 10.4. The second-order valence-electron chi connectivity index (χ2n) is 12.0. The Bertz CT molecular complexity index is 1590. The van der Waals surface area contributed by atoms with Gasteiger partial charge in [0.15, 0.2) is 5.76 Å². The van der Waals surface area contributed by atoms with Crippen molar-refractivity contribution in [3.05, 3.63) is 85.8 Å². The fourth-order valence-electron chi connectivity index (χ4n) is 8.15. The van der Waals surface area contributed by atoms with Crippen LogP contribution in [0.25, 0.3) is 16.7 Å². The first-order chi connectivity index (χ1) is 18.8. The van der Waals surface area contributed by atoms with Crippen molar-refractivity contribution in [3.63, 3.8) is 0 Å². The molecule has 4 saturated carbocycles. The molecule has 0 spiro atoms. The zero-order chi connectivity index (χ0) is 26.9. The van der Waals surface area contributed by atoms with E-state index < -0.39 is 0 Å². The fourth-order valence-corrected chi connectivity index (χ4v) is 9.49. The van der Waals surface area contributed by atoms with E-state index in [0.29, 0.717) is 11.0 Å². The van der Waals surface area contributed by atoms with Gasteiger partial charge < -0.3 is 8.98 Å². The predicted octanol–water partition coefficient (Wildman–Crippen LogP) is 8.60. The van der Waals surface area contributed by atoms with Gasteiger partial charge in [-0.3, -0.25) is 4.79 Å². The Morgan fingerprint density at radius 2 is 1.67 bits per heavy atom. The van der Waals surface area contributed by atoms with Crippen LogP contribution in [-0.4, -0.2) is 16.7 Å². The van der Waals surface area contributed by atoms with E-state index in [1.165, 1.54) is 44.2 Å². The van der Waals surface area contributed by atoms with E-state index in [0.717, 1.165) is 49.0 Å². The number of carbonyl (C=O) groups is 1. The van der Waals surface area contributed by atoms with E-state index in [2.05, 4.69) is 91.1 Å². The van der Waals surface area contributed by atoms with Crippen LogP contribution in [0.2, 0.25) is 0 Å². The number of hydrogen-bond acceptors (Lipinski definition) is 3. The van der Waals surface area contributed by atoms with Gasteiger partial charge in [0.05, 0.1) is 10.7 Å². The third-order valence-electron chi connectivity index (χ3n) is 9.38. The molecule has 1 N–H and O–H groups in total. The van der Waals surface area contributed by atoms with Crippen molar-refractivity contribution in [2.75, 3.05) is 0 Å². The number of nitrogens with one attached hydrogen (secondary N) is 1. The zero-order valence-corrected chi connectivity index (χ0v) is 25.3. The van der Waals surface area contributed by atoms with Gasteiger partial charge in [0.1, 0.15) is 5.58 Å². The van der Waals surface area contributed by atoms with E-state index in [1.807, 2.05) is 12.1 Å². The highest BCUT2D eigenvalue weighted by Crippen LogP contribution is 2.60. The summed E-state index contributed by atoms with van der Waals surface area (Å²) < 4.78 is 9.71. The first kappa shape index (κ1) is 25.3. The summed E-state index contributed by atoms with van der Waals surface area (Å²) in [6, 6.07) is 17.0. The number of halogens is 2. The minimum Gasteiger partial charge on any atom is -0.450 e. The molecule has 0 aliphatic heterocycles. The molecule has 0 unspecified atom stereocenters. The molecule has 7 heteroatoms. The van der Waals surface area contributed by atoms with Crippen molar-refractivity contribution >= 4 is 55.0 Å². The number of amides is 1. The Morgan fingerprint density at radius 3 is 2.33 bits per heavy atom. The number of hydrogen-bond donors (Lipinski definition) is 1. The summed E-state index contributed by atoms with van der Waals surface area (Å²) in [6.45, 7) is 4.21. The number of aryl methyl sites for hydroxylation is 1. The minimum absolute atomic E-state index is 0.213. The normalized spacial score (nSPS) is 25.7. The molecule has 4 aliphatic rings. The van der Waals surface area contributed by atoms with Crippen LogP contribution >= 0.6 is 31.9 Å². The van der Waals surface area contributed by atoms with E-state index in [9.17, 15) is 4.79 Å². The van der Waals surface area contributed by atoms with Crippen LogP contribution in [0, 0.1) is 31.6 Å². The number of nitrogens with zero attached hydrogens (tertiary/aromatic N) is 2. The van der Waals surface area contributed by atoms with Crippen LogP contribution in [0.4, 0.5) is 0 Å². The van der Waals surface area contributed by atoms with Crippen LogP contribution in [0.15, 0.2) is 67.0 Å². The van der Waals surface area contributed by atoms with E-state index in [-0.39, 0.29) is 11.7 Å². The monoisotopic (exact) mass is 647 g/mol.